The molecule has 0 saturated carbocycles. The molecular formula is C22H28BrNO. The number of nitrogens with one attached hydrogen (secondary N) is 1. The first-order chi connectivity index (χ1) is 12.2. The second-order valence-corrected chi connectivity index (χ2v) is 7.24. The molecule has 0 aliphatic heterocycles. The lowest BCUT2D eigenvalue weighted by Gasteiger charge is -2.13. The van der Waals surface area contributed by atoms with Crippen LogP contribution in [-0.2, 0) is 13.2 Å². The van der Waals surface area contributed by atoms with Crippen molar-refractivity contribution < 1.29 is 4.74 Å². The predicted octanol–water partition coefficient (Wildman–Crippen LogP) is 6.11. The van der Waals surface area contributed by atoms with Crippen molar-refractivity contribution in [1.29, 1.82) is 0 Å². The second kappa shape index (κ2) is 11.1. The fourth-order valence-corrected chi connectivity index (χ4v) is 3.21. The van der Waals surface area contributed by atoms with E-state index in [0.717, 1.165) is 41.2 Å². The quantitative estimate of drug-likeness (QED) is 0.362. The molecule has 2 nitrogen and oxygen atoms in total. The van der Waals surface area contributed by atoms with Gasteiger partial charge in [0.25, 0.3) is 0 Å². The van der Waals surface area contributed by atoms with Gasteiger partial charge in [-0.3, -0.25) is 0 Å². The molecule has 2 aromatic carbocycles. The maximum Gasteiger partial charge on any atom is 0.119 e. The molecule has 2 rings (SSSR count). The van der Waals surface area contributed by atoms with E-state index in [2.05, 4.69) is 59.0 Å². The van der Waals surface area contributed by atoms with E-state index in [1.807, 2.05) is 30.3 Å². The van der Waals surface area contributed by atoms with E-state index in [1.54, 1.807) is 0 Å². The van der Waals surface area contributed by atoms with Crippen LogP contribution in [0.4, 0.5) is 0 Å². The van der Waals surface area contributed by atoms with Crippen molar-refractivity contribution in [3.8, 4) is 5.75 Å². The van der Waals surface area contributed by atoms with Gasteiger partial charge >= 0.3 is 0 Å². The first-order valence-electron chi connectivity index (χ1n) is 8.99. The highest BCUT2D eigenvalue weighted by Crippen LogP contribution is 2.17. The Morgan fingerprint density at radius 3 is 2.64 bits per heavy atom. The van der Waals surface area contributed by atoms with Crippen LogP contribution in [0.2, 0.25) is 0 Å². The fourth-order valence-electron chi connectivity index (χ4n) is 2.76. The number of halogens is 1. The Morgan fingerprint density at radius 1 is 1.16 bits per heavy atom. The van der Waals surface area contributed by atoms with Gasteiger partial charge in [0.05, 0.1) is 0 Å². The Balaban J connectivity index is 1.71. The first kappa shape index (κ1) is 19.7. The largest absolute Gasteiger partial charge is 0.489 e. The molecule has 0 radical (unpaired) electrons. The fraction of sp³-hybridized carbons (Fsp3) is 0.364. The zero-order valence-electron chi connectivity index (χ0n) is 15.0. The van der Waals surface area contributed by atoms with Crippen molar-refractivity contribution in [3.05, 3.63) is 76.8 Å². The van der Waals surface area contributed by atoms with Gasteiger partial charge in [-0.15, -0.1) is 6.58 Å². The summed E-state index contributed by atoms with van der Waals surface area (Å²) in [6, 6.07) is 16.5. The standard InChI is InChI=1S/C22H28BrNO/c1-3-6-18(4-2)13-14-24-16-19-9-11-22(12-10-19)25-17-20-7-5-8-21(23)15-20/h3,5,7-12,15,18,24H,1,4,6,13-14,16-17H2,2H3. The summed E-state index contributed by atoms with van der Waals surface area (Å²) >= 11 is 3.48. The van der Waals surface area contributed by atoms with Crippen LogP contribution >= 0.6 is 15.9 Å². The van der Waals surface area contributed by atoms with E-state index >= 15 is 0 Å². The summed E-state index contributed by atoms with van der Waals surface area (Å²) in [5, 5.41) is 3.53. The number of hydrogen-bond acceptors (Lipinski definition) is 2. The normalized spacial score (nSPS) is 11.9. The highest BCUT2D eigenvalue weighted by atomic mass is 79.9. The summed E-state index contributed by atoms with van der Waals surface area (Å²) in [6.45, 7) is 8.62. The Morgan fingerprint density at radius 2 is 1.96 bits per heavy atom. The van der Waals surface area contributed by atoms with Crippen molar-refractivity contribution in [1.82, 2.24) is 5.32 Å². The Bertz CT molecular complexity index is 639. The molecule has 0 bridgehead atoms. The maximum absolute atomic E-state index is 5.85. The van der Waals surface area contributed by atoms with Gasteiger partial charge < -0.3 is 10.1 Å². The molecule has 0 aliphatic rings. The number of ether oxygens (including phenoxy) is 1. The Labute approximate surface area is 160 Å². The van der Waals surface area contributed by atoms with Crippen LogP contribution in [0, 0.1) is 5.92 Å². The van der Waals surface area contributed by atoms with Gasteiger partial charge in [-0.1, -0.05) is 59.6 Å². The first-order valence-corrected chi connectivity index (χ1v) is 9.78. The molecule has 25 heavy (non-hydrogen) atoms. The van der Waals surface area contributed by atoms with Gasteiger partial charge in [0.2, 0.25) is 0 Å². The molecule has 0 saturated heterocycles. The average molecular weight is 402 g/mol. The molecule has 1 unspecified atom stereocenters. The topological polar surface area (TPSA) is 21.3 Å². The lowest BCUT2D eigenvalue weighted by Crippen LogP contribution is -2.17. The van der Waals surface area contributed by atoms with Crippen molar-refractivity contribution in [2.75, 3.05) is 6.54 Å². The minimum atomic E-state index is 0.582. The molecule has 0 heterocycles. The van der Waals surface area contributed by atoms with Crippen molar-refractivity contribution in [2.24, 2.45) is 5.92 Å². The molecule has 1 atom stereocenters. The van der Waals surface area contributed by atoms with Gasteiger partial charge in [0, 0.05) is 11.0 Å². The predicted molar refractivity (Wildman–Crippen MR) is 110 cm³/mol. The van der Waals surface area contributed by atoms with Crippen LogP contribution in [0.1, 0.15) is 37.3 Å². The highest BCUT2D eigenvalue weighted by Gasteiger charge is 2.03. The summed E-state index contributed by atoms with van der Waals surface area (Å²) in [5.41, 5.74) is 2.44. The molecule has 3 heteroatoms. The molecule has 0 amide bonds. The van der Waals surface area contributed by atoms with Crippen LogP contribution in [-0.4, -0.2) is 6.54 Å². The van der Waals surface area contributed by atoms with Crippen LogP contribution in [0.15, 0.2) is 65.7 Å². The van der Waals surface area contributed by atoms with E-state index in [9.17, 15) is 0 Å². The summed E-state index contributed by atoms with van der Waals surface area (Å²) in [7, 11) is 0. The van der Waals surface area contributed by atoms with Gasteiger partial charge in [0.1, 0.15) is 12.4 Å². The third kappa shape index (κ3) is 7.45. The van der Waals surface area contributed by atoms with Crippen LogP contribution < -0.4 is 10.1 Å². The molecule has 134 valence electrons. The van der Waals surface area contributed by atoms with E-state index in [0.29, 0.717) is 6.61 Å². The minimum absolute atomic E-state index is 0.582. The highest BCUT2D eigenvalue weighted by molar-refractivity contribution is 9.10. The van der Waals surface area contributed by atoms with Crippen LogP contribution in [0.3, 0.4) is 0 Å². The Hall–Kier alpha value is -1.58. The minimum Gasteiger partial charge on any atom is -0.489 e. The molecule has 0 fully saturated rings. The zero-order valence-corrected chi connectivity index (χ0v) is 16.6. The van der Waals surface area contributed by atoms with Crippen molar-refractivity contribution in [3.63, 3.8) is 0 Å². The molecule has 0 spiro atoms. The number of rotatable bonds is 11. The summed E-state index contributed by atoms with van der Waals surface area (Å²) < 4.78 is 6.93. The second-order valence-electron chi connectivity index (χ2n) is 6.33. The maximum atomic E-state index is 5.85. The SMILES string of the molecule is C=CCC(CC)CCNCc1ccc(OCc2cccc(Br)c2)cc1. The van der Waals surface area contributed by atoms with Crippen LogP contribution in [0.25, 0.3) is 0 Å². The number of allylic oxidation sites excluding steroid dienone is 1. The monoisotopic (exact) mass is 401 g/mol. The molecule has 0 aromatic heterocycles. The molecular weight excluding hydrogens is 374 g/mol. The van der Waals surface area contributed by atoms with Gasteiger partial charge in [-0.25, -0.2) is 0 Å². The summed E-state index contributed by atoms with van der Waals surface area (Å²) in [4.78, 5) is 0. The van der Waals surface area contributed by atoms with Crippen LogP contribution in [0.5, 0.6) is 5.75 Å². The van der Waals surface area contributed by atoms with E-state index in [4.69, 9.17) is 4.74 Å². The average Bonchev–Trinajstić information content (AvgIpc) is 2.63. The van der Waals surface area contributed by atoms with E-state index in [1.165, 1.54) is 18.4 Å². The Kier molecular flexibility index (Phi) is 8.78. The summed E-state index contributed by atoms with van der Waals surface area (Å²) in [5.74, 6) is 1.65. The molecule has 0 aliphatic carbocycles. The number of benzene rings is 2. The van der Waals surface area contributed by atoms with Gasteiger partial charge in [-0.2, -0.15) is 0 Å². The van der Waals surface area contributed by atoms with E-state index in [-0.39, 0.29) is 0 Å². The third-order valence-corrected chi connectivity index (χ3v) is 4.85. The van der Waals surface area contributed by atoms with Crippen molar-refractivity contribution >= 4 is 15.9 Å². The van der Waals surface area contributed by atoms with Gasteiger partial charge in [-0.05, 0) is 60.7 Å². The summed E-state index contributed by atoms with van der Waals surface area (Å²) in [6.07, 6.45) is 5.57. The van der Waals surface area contributed by atoms with Crippen molar-refractivity contribution in [2.45, 2.75) is 39.3 Å². The lowest BCUT2D eigenvalue weighted by molar-refractivity contribution is 0.306. The van der Waals surface area contributed by atoms with E-state index < -0.39 is 0 Å². The molecule has 1 N–H and O–H groups in total. The lowest BCUT2D eigenvalue weighted by atomic mass is 9.98. The third-order valence-electron chi connectivity index (χ3n) is 4.35. The number of hydrogen-bond donors (Lipinski definition) is 1. The molecule has 2 aromatic rings. The van der Waals surface area contributed by atoms with Gasteiger partial charge in [0.15, 0.2) is 0 Å². The smallest absolute Gasteiger partial charge is 0.119 e. The zero-order chi connectivity index (χ0) is 17.9.